The first kappa shape index (κ1) is 10.8. The summed E-state index contributed by atoms with van der Waals surface area (Å²) in [6, 6.07) is 4.39. The first-order chi connectivity index (χ1) is 8.08. The molecule has 0 spiro atoms. The largest absolute Gasteiger partial charge is 0.370 e. The third-order valence-corrected chi connectivity index (χ3v) is 3.83. The summed E-state index contributed by atoms with van der Waals surface area (Å²) < 4.78 is 5.95. The van der Waals surface area contributed by atoms with Crippen molar-refractivity contribution in [2.24, 2.45) is 0 Å². The molecule has 2 nitrogen and oxygen atoms in total. The lowest BCUT2D eigenvalue weighted by atomic mass is 9.96. The molecule has 2 aromatic rings. The van der Waals surface area contributed by atoms with Crippen LogP contribution in [-0.4, -0.2) is 11.1 Å². The maximum Gasteiger partial charge on any atom is 0.0824 e. The van der Waals surface area contributed by atoms with Crippen molar-refractivity contribution in [1.29, 1.82) is 0 Å². The predicted octanol–water partition coefficient (Wildman–Crippen LogP) is 3.81. The van der Waals surface area contributed by atoms with Gasteiger partial charge in [-0.3, -0.25) is 0 Å². The molecular formula is C15H19NO. The molecule has 2 heteroatoms. The molecule has 17 heavy (non-hydrogen) atoms. The standard InChI is InChI=1S/C15H19NO/c1-8-5-6-9(2)15-13(8)14-11(4)17-10(3)7-12(14)16-15/h5-6,10-11,16H,7H2,1-4H3. The summed E-state index contributed by atoms with van der Waals surface area (Å²) in [6.07, 6.45) is 1.50. The molecule has 0 saturated heterocycles. The van der Waals surface area contributed by atoms with Crippen LogP contribution in [-0.2, 0) is 11.2 Å². The average Bonchev–Trinajstić information content (AvgIpc) is 2.64. The fourth-order valence-corrected chi connectivity index (χ4v) is 3.05. The Labute approximate surface area is 102 Å². The van der Waals surface area contributed by atoms with Gasteiger partial charge in [-0.25, -0.2) is 0 Å². The summed E-state index contributed by atoms with van der Waals surface area (Å²) >= 11 is 0. The Morgan fingerprint density at radius 1 is 1.18 bits per heavy atom. The second-order valence-corrected chi connectivity index (χ2v) is 5.26. The zero-order valence-electron chi connectivity index (χ0n) is 10.9. The highest BCUT2D eigenvalue weighted by Gasteiger charge is 2.26. The number of ether oxygens (including phenoxy) is 1. The van der Waals surface area contributed by atoms with E-state index in [-0.39, 0.29) is 6.10 Å². The lowest BCUT2D eigenvalue weighted by Gasteiger charge is -2.26. The highest BCUT2D eigenvalue weighted by molar-refractivity contribution is 5.90. The topological polar surface area (TPSA) is 25.0 Å². The number of aryl methyl sites for hydroxylation is 2. The Morgan fingerprint density at radius 3 is 2.65 bits per heavy atom. The summed E-state index contributed by atoms with van der Waals surface area (Å²) in [7, 11) is 0. The number of hydrogen-bond acceptors (Lipinski definition) is 1. The maximum atomic E-state index is 5.95. The molecule has 90 valence electrons. The van der Waals surface area contributed by atoms with Gasteiger partial charge >= 0.3 is 0 Å². The Kier molecular flexibility index (Phi) is 2.30. The van der Waals surface area contributed by atoms with E-state index >= 15 is 0 Å². The van der Waals surface area contributed by atoms with E-state index in [9.17, 15) is 0 Å². The fraction of sp³-hybridized carbons (Fsp3) is 0.467. The third kappa shape index (κ3) is 1.51. The van der Waals surface area contributed by atoms with Crippen LogP contribution < -0.4 is 0 Å². The van der Waals surface area contributed by atoms with Gasteiger partial charge in [0.15, 0.2) is 0 Å². The highest BCUT2D eigenvalue weighted by Crippen LogP contribution is 2.38. The van der Waals surface area contributed by atoms with Crippen LogP contribution in [0.4, 0.5) is 0 Å². The van der Waals surface area contributed by atoms with Crippen LogP contribution >= 0.6 is 0 Å². The zero-order chi connectivity index (χ0) is 12.2. The normalized spacial score (nSPS) is 24.0. The van der Waals surface area contributed by atoms with Gasteiger partial charge in [-0.2, -0.15) is 0 Å². The van der Waals surface area contributed by atoms with Gasteiger partial charge in [0, 0.05) is 28.6 Å². The molecule has 0 bridgehead atoms. The van der Waals surface area contributed by atoms with E-state index < -0.39 is 0 Å². The Morgan fingerprint density at radius 2 is 1.88 bits per heavy atom. The SMILES string of the molecule is Cc1ccc(C)c2c3c([nH]c12)CC(C)OC3C. The molecule has 2 atom stereocenters. The van der Waals surface area contributed by atoms with E-state index in [1.165, 1.54) is 33.3 Å². The molecule has 0 fully saturated rings. The predicted molar refractivity (Wildman–Crippen MR) is 70.4 cm³/mol. The molecule has 1 aromatic heterocycles. The summed E-state index contributed by atoms with van der Waals surface area (Å²) in [6.45, 7) is 8.65. The lowest BCUT2D eigenvalue weighted by Crippen LogP contribution is -2.21. The van der Waals surface area contributed by atoms with Gasteiger partial charge < -0.3 is 9.72 Å². The van der Waals surface area contributed by atoms with Crippen molar-refractivity contribution in [2.45, 2.75) is 46.3 Å². The van der Waals surface area contributed by atoms with Gasteiger partial charge in [0.25, 0.3) is 0 Å². The zero-order valence-corrected chi connectivity index (χ0v) is 10.9. The van der Waals surface area contributed by atoms with Crippen molar-refractivity contribution in [1.82, 2.24) is 4.98 Å². The molecule has 0 aliphatic carbocycles. The molecule has 2 unspecified atom stereocenters. The minimum absolute atomic E-state index is 0.197. The summed E-state index contributed by atoms with van der Waals surface area (Å²) in [5, 5.41) is 1.37. The Hall–Kier alpha value is -1.28. The van der Waals surface area contributed by atoms with Crippen LogP contribution in [0.25, 0.3) is 10.9 Å². The molecule has 3 rings (SSSR count). The Bertz CT molecular complexity index is 582. The number of aromatic nitrogens is 1. The van der Waals surface area contributed by atoms with Crippen LogP contribution in [0, 0.1) is 13.8 Å². The van der Waals surface area contributed by atoms with Crippen molar-refractivity contribution in [3.8, 4) is 0 Å². The van der Waals surface area contributed by atoms with Crippen molar-refractivity contribution in [2.75, 3.05) is 0 Å². The molecule has 1 aromatic carbocycles. The van der Waals surface area contributed by atoms with Gasteiger partial charge in [-0.05, 0) is 38.8 Å². The first-order valence-corrected chi connectivity index (χ1v) is 6.34. The minimum atomic E-state index is 0.197. The minimum Gasteiger partial charge on any atom is -0.370 e. The molecule has 0 saturated carbocycles. The van der Waals surface area contributed by atoms with Crippen LogP contribution in [0.5, 0.6) is 0 Å². The van der Waals surface area contributed by atoms with Crippen LogP contribution in [0.1, 0.15) is 42.3 Å². The number of rotatable bonds is 0. The van der Waals surface area contributed by atoms with Gasteiger partial charge in [-0.1, -0.05) is 12.1 Å². The highest BCUT2D eigenvalue weighted by atomic mass is 16.5. The van der Waals surface area contributed by atoms with E-state index in [1.54, 1.807) is 0 Å². The van der Waals surface area contributed by atoms with Gasteiger partial charge in [-0.15, -0.1) is 0 Å². The van der Waals surface area contributed by atoms with Crippen molar-refractivity contribution in [3.05, 3.63) is 34.5 Å². The molecule has 1 aliphatic heterocycles. The number of hydrogen-bond donors (Lipinski definition) is 1. The van der Waals surface area contributed by atoms with Crippen LogP contribution in [0.2, 0.25) is 0 Å². The monoisotopic (exact) mass is 229 g/mol. The number of fused-ring (bicyclic) bond motifs is 3. The fourth-order valence-electron chi connectivity index (χ4n) is 3.05. The van der Waals surface area contributed by atoms with E-state index in [4.69, 9.17) is 4.74 Å². The summed E-state index contributed by atoms with van der Waals surface area (Å²) in [5.41, 5.74) is 6.69. The second-order valence-electron chi connectivity index (χ2n) is 5.26. The molecule has 0 radical (unpaired) electrons. The second kappa shape index (κ2) is 3.61. The molecule has 0 amide bonds. The lowest BCUT2D eigenvalue weighted by molar-refractivity contribution is -0.00438. The molecule has 1 aliphatic rings. The Balaban J connectivity index is 2.36. The first-order valence-electron chi connectivity index (χ1n) is 6.34. The van der Waals surface area contributed by atoms with Gasteiger partial charge in [0.05, 0.1) is 12.2 Å². The quantitative estimate of drug-likeness (QED) is 0.730. The maximum absolute atomic E-state index is 5.95. The van der Waals surface area contributed by atoms with Crippen LogP contribution in [0.3, 0.4) is 0 Å². The molecular weight excluding hydrogens is 210 g/mol. The average molecular weight is 229 g/mol. The van der Waals surface area contributed by atoms with Crippen molar-refractivity contribution >= 4 is 10.9 Å². The number of aromatic amines is 1. The number of benzene rings is 1. The van der Waals surface area contributed by atoms with E-state index in [0.29, 0.717) is 6.10 Å². The van der Waals surface area contributed by atoms with Crippen molar-refractivity contribution < 1.29 is 4.74 Å². The smallest absolute Gasteiger partial charge is 0.0824 e. The molecule has 1 N–H and O–H groups in total. The number of H-pyrrole nitrogens is 1. The van der Waals surface area contributed by atoms with Gasteiger partial charge in [0.2, 0.25) is 0 Å². The van der Waals surface area contributed by atoms with Gasteiger partial charge in [0.1, 0.15) is 0 Å². The number of nitrogens with one attached hydrogen (secondary N) is 1. The van der Waals surface area contributed by atoms with Crippen molar-refractivity contribution in [3.63, 3.8) is 0 Å². The summed E-state index contributed by atoms with van der Waals surface area (Å²) in [5.74, 6) is 0. The third-order valence-electron chi connectivity index (χ3n) is 3.83. The van der Waals surface area contributed by atoms with E-state index in [2.05, 4.69) is 44.8 Å². The summed E-state index contributed by atoms with van der Waals surface area (Å²) in [4.78, 5) is 3.61. The molecule has 2 heterocycles. The van der Waals surface area contributed by atoms with E-state index in [0.717, 1.165) is 6.42 Å². The van der Waals surface area contributed by atoms with E-state index in [1.807, 2.05) is 0 Å². The van der Waals surface area contributed by atoms with Crippen LogP contribution in [0.15, 0.2) is 12.1 Å².